The molecule has 4 heterocycles. The van der Waals surface area contributed by atoms with E-state index in [0.717, 1.165) is 24.6 Å². The van der Waals surface area contributed by atoms with Gasteiger partial charge in [-0.3, -0.25) is 0 Å². The molecule has 1 aromatic heterocycles. The maximum Gasteiger partial charge on any atom is 0.223 e. The van der Waals surface area contributed by atoms with Crippen LogP contribution in [0.4, 0.5) is 0 Å². The van der Waals surface area contributed by atoms with Gasteiger partial charge in [0, 0.05) is 30.9 Å². The van der Waals surface area contributed by atoms with E-state index in [0.29, 0.717) is 23.4 Å². The number of nitrogens with one attached hydrogen (secondary N) is 1. The van der Waals surface area contributed by atoms with Gasteiger partial charge in [0.05, 0.1) is 7.11 Å². The Balaban J connectivity index is 1.46. The van der Waals surface area contributed by atoms with E-state index in [2.05, 4.69) is 21.3 Å². The van der Waals surface area contributed by atoms with E-state index in [1.54, 1.807) is 13.3 Å². The van der Waals surface area contributed by atoms with Crippen LogP contribution < -0.4 is 14.8 Å². The van der Waals surface area contributed by atoms with Crippen molar-refractivity contribution in [1.82, 2.24) is 15.2 Å². The summed E-state index contributed by atoms with van der Waals surface area (Å²) >= 11 is 0. The third-order valence-electron chi connectivity index (χ3n) is 5.34. The maximum atomic E-state index is 6.05. The molecule has 0 unspecified atom stereocenters. The van der Waals surface area contributed by atoms with E-state index in [1.165, 1.54) is 25.9 Å². The number of benzene rings is 1. The number of methoxy groups -OCH3 is 1. The Bertz CT molecular complexity index is 714. The van der Waals surface area contributed by atoms with Gasteiger partial charge in [-0.2, -0.15) is 0 Å². The fourth-order valence-electron chi connectivity index (χ4n) is 3.90. The molecule has 0 spiro atoms. The molecule has 0 aliphatic carbocycles. The normalized spacial score (nSPS) is 24.9. The van der Waals surface area contributed by atoms with Gasteiger partial charge in [-0.05, 0) is 50.0 Å². The van der Waals surface area contributed by atoms with Crippen molar-refractivity contribution in [3.63, 3.8) is 0 Å². The van der Waals surface area contributed by atoms with Gasteiger partial charge in [0.1, 0.15) is 0 Å². The zero-order chi connectivity index (χ0) is 17.1. The Morgan fingerprint density at radius 3 is 2.64 bits per heavy atom. The first-order valence-corrected chi connectivity index (χ1v) is 9.04. The molecule has 3 saturated heterocycles. The molecule has 3 aliphatic rings. The Kier molecular flexibility index (Phi) is 4.85. The molecule has 5 nitrogen and oxygen atoms in total. The van der Waals surface area contributed by atoms with Crippen molar-refractivity contribution in [3.8, 4) is 17.4 Å². The molecule has 3 fully saturated rings. The van der Waals surface area contributed by atoms with Crippen LogP contribution in [0.1, 0.15) is 18.4 Å². The summed E-state index contributed by atoms with van der Waals surface area (Å²) in [6, 6.07) is 12.3. The fraction of sp³-hybridized carbons (Fsp3) is 0.450. The van der Waals surface area contributed by atoms with Gasteiger partial charge in [0.15, 0.2) is 11.5 Å². The van der Waals surface area contributed by atoms with Crippen LogP contribution in [0.3, 0.4) is 0 Å². The highest BCUT2D eigenvalue weighted by molar-refractivity contribution is 5.42. The van der Waals surface area contributed by atoms with Gasteiger partial charge in [0.2, 0.25) is 5.88 Å². The van der Waals surface area contributed by atoms with Crippen LogP contribution in [0.2, 0.25) is 0 Å². The van der Waals surface area contributed by atoms with Crippen LogP contribution in [0.25, 0.3) is 0 Å². The van der Waals surface area contributed by atoms with Crippen molar-refractivity contribution in [3.05, 3.63) is 48.2 Å². The molecule has 0 radical (unpaired) electrons. The van der Waals surface area contributed by atoms with E-state index in [9.17, 15) is 0 Å². The summed E-state index contributed by atoms with van der Waals surface area (Å²) in [5.41, 5.74) is 1.07. The summed E-state index contributed by atoms with van der Waals surface area (Å²) < 4.78 is 11.4. The predicted molar refractivity (Wildman–Crippen MR) is 97.1 cm³/mol. The topological polar surface area (TPSA) is 46.6 Å². The van der Waals surface area contributed by atoms with Crippen molar-refractivity contribution in [1.29, 1.82) is 0 Å². The standard InChI is InChI=1S/C20H25N3O2/c1-24-18-6-2-3-7-19(18)25-20-16(5-4-10-21-20)13-22-17-14-23-11-8-15(17)9-12-23/h2-7,10,15,17,22H,8-9,11-14H2,1H3/t17-/m1/s1. The number of piperidine rings is 3. The minimum absolute atomic E-state index is 0.571. The second-order valence-electron chi connectivity index (χ2n) is 6.85. The Hall–Kier alpha value is -2.11. The van der Waals surface area contributed by atoms with Crippen molar-refractivity contribution >= 4 is 0 Å². The largest absolute Gasteiger partial charge is 0.493 e. The minimum atomic E-state index is 0.571. The molecule has 25 heavy (non-hydrogen) atoms. The van der Waals surface area contributed by atoms with Crippen LogP contribution in [0, 0.1) is 5.92 Å². The van der Waals surface area contributed by atoms with E-state index in [-0.39, 0.29) is 0 Å². The fourth-order valence-corrected chi connectivity index (χ4v) is 3.90. The molecule has 0 amide bonds. The number of hydrogen-bond acceptors (Lipinski definition) is 5. The van der Waals surface area contributed by atoms with Crippen molar-refractivity contribution in [2.45, 2.75) is 25.4 Å². The van der Waals surface area contributed by atoms with Crippen LogP contribution in [0.15, 0.2) is 42.6 Å². The number of nitrogens with zero attached hydrogens (tertiary/aromatic N) is 2. The summed E-state index contributed by atoms with van der Waals surface area (Å²) in [4.78, 5) is 7.00. The molecule has 5 rings (SSSR count). The number of ether oxygens (including phenoxy) is 2. The zero-order valence-corrected chi connectivity index (χ0v) is 14.6. The first-order valence-electron chi connectivity index (χ1n) is 9.04. The molecule has 1 N–H and O–H groups in total. The van der Waals surface area contributed by atoms with Gasteiger partial charge in [-0.15, -0.1) is 0 Å². The van der Waals surface area contributed by atoms with Crippen LogP contribution >= 0.6 is 0 Å². The Morgan fingerprint density at radius 1 is 1.12 bits per heavy atom. The second kappa shape index (κ2) is 7.42. The summed E-state index contributed by atoms with van der Waals surface area (Å²) in [7, 11) is 1.65. The molecular weight excluding hydrogens is 314 g/mol. The summed E-state index contributed by atoms with van der Waals surface area (Å²) in [6.45, 7) is 4.46. The minimum Gasteiger partial charge on any atom is -0.493 e. The smallest absolute Gasteiger partial charge is 0.223 e. The molecular formula is C20H25N3O2. The van der Waals surface area contributed by atoms with E-state index in [4.69, 9.17) is 9.47 Å². The number of aromatic nitrogens is 1. The zero-order valence-electron chi connectivity index (χ0n) is 14.6. The van der Waals surface area contributed by atoms with Gasteiger partial charge >= 0.3 is 0 Å². The molecule has 1 aromatic carbocycles. The third kappa shape index (κ3) is 3.62. The average Bonchev–Trinajstić information content (AvgIpc) is 2.69. The van der Waals surface area contributed by atoms with Crippen molar-refractivity contribution in [2.24, 2.45) is 5.92 Å². The predicted octanol–water partition coefficient (Wildman–Crippen LogP) is 3.07. The van der Waals surface area contributed by atoms with Crippen LogP contribution in [0.5, 0.6) is 17.4 Å². The van der Waals surface area contributed by atoms with Gasteiger partial charge in [0.25, 0.3) is 0 Å². The Morgan fingerprint density at radius 2 is 1.92 bits per heavy atom. The molecule has 5 heteroatoms. The number of rotatable bonds is 6. The quantitative estimate of drug-likeness (QED) is 0.876. The lowest BCUT2D eigenvalue weighted by atomic mass is 9.84. The lowest BCUT2D eigenvalue weighted by Gasteiger charge is -2.45. The van der Waals surface area contributed by atoms with Gasteiger partial charge in [-0.1, -0.05) is 18.2 Å². The van der Waals surface area contributed by atoms with E-state index < -0.39 is 0 Å². The van der Waals surface area contributed by atoms with Crippen molar-refractivity contribution in [2.75, 3.05) is 26.7 Å². The molecule has 3 aliphatic heterocycles. The summed E-state index contributed by atoms with van der Waals surface area (Å²) in [5, 5.41) is 3.73. The molecule has 132 valence electrons. The number of fused-ring (bicyclic) bond motifs is 3. The first-order chi connectivity index (χ1) is 12.3. The number of hydrogen-bond donors (Lipinski definition) is 1. The van der Waals surface area contributed by atoms with E-state index >= 15 is 0 Å². The van der Waals surface area contributed by atoms with E-state index in [1.807, 2.05) is 30.3 Å². The lowest BCUT2D eigenvalue weighted by molar-refractivity contribution is 0.0719. The SMILES string of the molecule is COc1ccccc1Oc1ncccc1CN[C@@H]1CN2CCC1CC2. The van der Waals surface area contributed by atoms with Gasteiger partial charge < -0.3 is 19.7 Å². The van der Waals surface area contributed by atoms with Crippen molar-refractivity contribution < 1.29 is 9.47 Å². The molecule has 2 aromatic rings. The third-order valence-corrected chi connectivity index (χ3v) is 5.34. The van der Waals surface area contributed by atoms with Crippen LogP contribution in [-0.2, 0) is 6.54 Å². The highest BCUT2D eigenvalue weighted by Gasteiger charge is 2.33. The number of pyridine rings is 1. The number of para-hydroxylation sites is 2. The van der Waals surface area contributed by atoms with Crippen LogP contribution in [-0.4, -0.2) is 42.7 Å². The summed E-state index contributed by atoms with van der Waals surface area (Å²) in [5.74, 6) is 2.85. The highest BCUT2D eigenvalue weighted by Crippen LogP contribution is 2.32. The highest BCUT2D eigenvalue weighted by atomic mass is 16.5. The average molecular weight is 339 g/mol. The Labute approximate surface area is 149 Å². The second-order valence-corrected chi connectivity index (χ2v) is 6.85. The first kappa shape index (κ1) is 16.4. The molecule has 2 bridgehead atoms. The van der Waals surface area contributed by atoms with Gasteiger partial charge in [-0.25, -0.2) is 4.98 Å². The maximum absolute atomic E-state index is 6.05. The molecule has 1 atom stereocenters. The molecule has 0 saturated carbocycles. The summed E-state index contributed by atoms with van der Waals surface area (Å²) in [6.07, 6.45) is 4.40. The lowest BCUT2D eigenvalue weighted by Crippen LogP contribution is -2.55. The monoisotopic (exact) mass is 339 g/mol.